The summed E-state index contributed by atoms with van der Waals surface area (Å²) in [6, 6.07) is 10.7. The number of nitrogens with one attached hydrogen (secondary N) is 1. The van der Waals surface area contributed by atoms with Crippen LogP contribution in [0.1, 0.15) is 46.8 Å². The SMILES string of the molecule is CCCc1cccc(OC2=CC(c3ncc(C=O)[nH]3)N(c3ccc(Cl)c(C(F)(F)F)c3)C=C2)c1. The summed E-state index contributed by atoms with van der Waals surface area (Å²) in [5, 5.41) is -0.387. The number of halogens is 4. The number of carbonyl (C=O) groups is 1. The Kier molecular flexibility index (Phi) is 6.79. The van der Waals surface area contributed by atoms with Crippen molar-refractivity contribution in [3.8, 4) is 5.75 Å². The molecule has 1 atom stereocenters. The number of H-pyrrole nitrogens is 1. The fourth-order valence-electron chi connectivity index (χ4n) is 3.71. The van der Waals surface area contributed by atoms with Gasteiger partial charge in [0.2, 0.25) is 0 Å². The van der Waals surface area contributed by atoms with Crippen LogP contribution in [0.5, 0.6) is 5.75 Å². The number of aromatic nitrogens is 2. The smallest absolute Gasteiger partial charge is 0.417 e. The minimum absolute atomic E-state index is 0.250. The molecule has 1 aromatic heterocycles. The fraction of sp³-hybridized carbons (Fsp3) is 0.200. The van der Waals surface area contributed by atoms with Gasteiger partial charge in [0.15, 0.2) is 6.29 Å². The van der Waals surface area contributed by atoms with Crippen LogP contribution in [0.4, 0.5) is 18.9 Å². The third-order valence-corrected chi connectivity index (χ3v) is 5.60. The Bertz CT molecular complexity index is 1250. The molecule has 3 aromatic rings. The van der Waals surface area contributed by atoms with E-state index in [0.29, 0.717) is 23.6 Å². The number of aryl methyl sites for hydroxylation is 1. The van der Waals surface area contributed by atoms with E-state index in [9.17, 15) is 18.0 Å². The first kappa shape index (κ1) is 23.6. The average Bonchev–Trinajstić information content (AvgIpc) is 3.29. The van der Waals surface area contributed by atoms with Gasteiger partial charge in [0.25, 0.3) is 0 Å². The summed E-state index contributed by atoms with van der Waals surface area (Å²) in [6.07, 6.45) is 4.29. The summed E-state index contributed by atoms with van der Waals surface area (Å²) in [5.41, 5.74) is 0.702. The summed E-state index contributed by atoms with van der Waals surface area (Å²) in [7, 11) is 0. The number of hydrogen-bond donors (Lipinski definition) is 1. The second-order valence-corrected chi connectivity index (χ2v) is 8.15. The van der Waals surface area contributed by atoms with Crippen LogP contribution in [-0.2, 0) is 12.6 Å². The van der Waals surface area contributed by atoms with Crippen molar-refractivity contribution >= 4 is 23.6 Å². The lowest BCUT2D eigenvalue weighted by molar-refractivity contribution is -0.137. The highest BCUT2D eigenvalue weighted by Gasteiger charge is 2.34. The van der Waals surface area contributed by atoms with E-state index in [1.807, 2.05) is 24.3 Å². The van der Waals surface area contributed by atoms with Gasteiger partial charge in [0.1, 0.15) is 23.4 Å². The number of aldehydes is 1. The second-order valence-electron chi connectivity index (χ2n) is 7.74. The Morgan fingerprint density at radius 3 is 2.76 bits per heavy atom. The number of allylic oxidation sites excluding steroid dienone is 1. The Hall–Kier alpha value is -3.52. The number of alkyl halides is 3. The highest BCUT2D eigenvalue weighted by molar-refractivity contribution is 6.31. The first-order chi connectivity index (χ1) is 16.3. The van der Waals surface area contributed by atoms with Crippen LogP contribution in [0.15, 0.2) is 72.8 Å². The van der Waals surface area contributed by atoms with E-state index in [1.54, 1.807) is 23.3 Å². The molecule has 0 amide bonds. The van der Waals surface area contributed by atoms with Crippen molar-refractivity contribution in [3.63, 3.8) is 0 Å². The third kappa shape index (κ3) is 5.17. The molecule has 1 N–H and O–H groups in total. The molecule has 0 saturated heterocycles. The number of nitrogens with zero attached hydrogens (tertiary/aromatic N) is 2. The van der Waals surface area contributed by atoms with Gasteiger partial charge < -0.3 is 14.6 Å². The summed E-state index contributed by atoms with van der Waals surface area (Å²) in [4.78, 5) is 19.9. The molecular formula is C25H21ClF3N3O2. The van der Waals surface area contributed by atoms with Crippen molar-refractivity contribution in [1.29, 1.82) is 0 Å². The van der Waals surface area contributed by atoms with Crippen molar-refractivity contribution in [2.75, 3.05) is 4.90 Å². The van der Waals surface area contributed by atoms with Gasteiger partial charge in [-0.15, -0.1) is 0 Å². The summed E-state index contributed by atoms with van der Waals surface area (Å²) >= 11 is 5.80. The predicted octanol–water partition coefficient (Wildman–Crippen LogP) is 6.88. The van der Waals surface area contributed by atoms with Gasteiger partial charge in [-0.2, -0.15) is 13.2 Å². The number of carbonyl (C=O) groups excluding carboxylic acids is 1. The van der Waals surface area contributed by atoms with Gasteiger partial charge >= 0.3 is 6.18 Å². The molecule has 0 fully saturated rings. The molecule has 0 spiro atoms. The van der Waals surface area contributed by atoms with Crippen molar-refractivity contribution in [2.45, 2.75) is 32.0 Å². The lowest BCUT2D eigenvalue weighted by Crippen LogP contribution is -2.26. The zero-order valence-electron chi connectivity index (χ0n) is 18.1. The molecule has 1 aliphatic heterocycles. The van der Waals surface area contributed by atoms with E-state index < -0.39 is 17.8 Å². The molecule has 176 valence electrons. The molecule has 4 rings (SSSR count). The van der Waals surface area contributed by atoms with Gasteiger partial charge in [0.05, 0.1) is 22.5 Å². The van der Waals surface area contributed by atoms with E-state index in [2.05, 4.69) is 16.9 Å². The number of anilines is 1. The van der Waals surface area contributed by atoms with Crippen LogP contribution in [-0.4, -0.2) is 16.3 Å². The van der Waals surface area contributed by atoms with Gasteiger partial charge in [-0.3, -0.25) is 4.79 Å². The van der Waals surface area contributed by atoms with Gasteiger partial charge in [-0.1, -0.05) is 37.1 Å². The van der Waals surface area contributed by atoms with Crippen LogP contribution in [0, 0.1) is 0 Å². The standard InChI is InChI=1S/C25H21ClF3N3O2/c1-2-4-16-5-3-6-19(11-16)34-20-9-10-32(23(13-20)24-30-14-17(15-33)31-24)18-7-8-22(26)21(12-18)25(27,28)29/h3,5-15,23H,2,4H2,1H3,(H,30,31). The topological polar surface area (TPSA) is 58.2 Å². The molecule has 0 aliphatic carbocycles. The normalized spacial score (nSPS) is 15.9. The number of imidazole rings is 1. The molecule has 2 heterocycles. The lowest BCUT2D eigenvalue weighted by atomic mass is 10.1. The summed E-state index contributed by atoms with van der Waals surface area (Å²) in [6.45, 7) is 2.09. The Morgan fingerprint density at radius 2 is 2.06 bits per heavy atom. The molecule has 0 radical (unpaired) electrons. The zero-order valence-corrected chi connectivity index (χ0v) is 18.9. The van der Waals surface area contributed by atoms with Crippen molar-refractivity contribution in [1.82, 2.24) is 9.97 Å². The molecule has 0 bridgehead atoms. The van der Waals surface area contributed by atoms with Gasteiger partial charge in [0, 0.05) is 11.9 Å². The summed E-state index contributed by atoms with van der Waals surface area (Å²) in [5.74, 6) is 1.51. The quantitative estimate of drug-likeness (QED) is 0.369. The van der Waals surface area contributed by atoms with Gasteiger partial charge in [-0.05, 0) is 54.5 Å². The van der Waals surface area contributed by atoms with E-state index in [1.165, 1.54) is 18.3 Å². The van der Waals surface area contributed by atoms with Crippen LogP contribution in [0.2, 0.25) is 5.02 Å². The molecule has 0 saturated carbocycles. The first-order valence-corrected chi connectivity index (χ1v) is 11.0. The molecular weight excluding hydrogens is 467 g/mol. The molecule has 34 heavy (non-hydrogen) atoms. The van der Waals surface area contributed by atoms with Crippen molar-refractivity contribution in [3.05, 3.63) is 100 Å². The van der Waals surface area contributed by atoms with Crippen molar-refractivity contribution < 1.29 is 22.7 Å². The monoisotopic (exact) mass is 487 g/mol. The van der Waals surface area contributed by atoms with E-state index in [4.69, 9.17) is 16.3 Å². The van der Waals surface area contributed by atoms with Crippen molar-refractivity contribution in [2.24, 2.45) is 0 Å². The predicted molar refractivity (Wildman–Crippen MR) is 124 cm³/mol. The Labute approximate surface area is 199 Å². The minimum atomic E-state index is -4.61. The largest absolute Gasteiger partial charge is 0.458 e. The molecule has 2 aromatic carbocycles. The number of benzene rings is 2. The molecule has 5 nitrogen and oxygen atoms in total. The second kappa shape index (κ2) is 9.77. The summed E-state index contributed by atoms with van der Waals surface area (Å²) < 4.78 is 46.4. The maximum Gasteiger partial charge on any atom is 0.417 e. The van der Waals surface area contributed by atoms with Crippen LogP contribution in [0.25, 0.3) is 0 Å². The zero-order chi connectivity index (χ0) is 24.3. The maximum absolute atomic E-state index is 13.4. The van der Waals surface area contributed by atoms with Crippen LogP contribution >= 0.6 is 11.6 Å². The highest BCUT2D eigenvalue weighted by Crippen LogP contribution is 2.39. The Morgan fingerprint density at radius 1 is 1.24 bits per heavy atom. The van der Waals surface area contributed by atoms with Gasteiger partial charge in [-0.25, -0.2) is 4.98 Å². The van der Waals surface area contributed by atoms with E-state index >= 15 is 0 Å². The molecule has 1 unspecified atom stereocenters. The Balaban J connectivity index is 1.70. The third-order valence-electron chi connectivity index (χ3n) is 5.27. The molecule has 9 heteroatoms. The first-order valence-electron chi connectivity index (χ1n) is 10.6. The maximum atomic E-state index is 13.4. The number of ether oxygens (including phenoxy) is 1. The highest BCUT2D eigenvalue weighted by atomic mass is 35.5. The van der Waals surface area contributed by atoms with Crippen LogP contribution < -0.4 is 9.64 Å². The lowest BCUT2D eigenvalue weighted by Gasteiger charge is -2.31. The molecule has 1 aliphatic rings. The number of hydrogen-bond acceptors (Lipinski definition) is 4. The van der Waals surface area contributed by atoms with E-state index in [-0.39, 0.29) is 16.4 Å². The van der Waals surface area contributed by atoms with Crippen LogP contribution in [0.3, 0.4) is 0 Å². The van der Waals surface area contributed by atoms with E-state index in [0.717, 1.165) is 24.5 Å². The minimum Gasteiger partial charge on any atom is -0.458 e. The fourth-order valence-corrected chi connectivity index (χ4v) is 3.93. The average molecular weight is 488 g/mol. The number of rotatable bonds is 7. The number of aromatic amines is 1.